The van der Waals surface area contributed by atoms with Crippen LogP contribution in [0.15, 0.2) is 24.3 Å². The van der Waals surface area contributed by atoms with E-state index in [9.17, 15) is 9.59 Å². The Morgan fingerprint density at radius 1 is 1.17 bits per heavy atom. The Bertz CT molecular complexity index is 418. The lowest BCUT2D eigenvalue weighted by atomic mass is 10.1. The summed E-state index contributed by atoms with van der Waals surface area (Å²) in [5, 5.41) is 13.5. The second-order valence-electron chi connectivity index (χ2n) is 3.94. The van der Waals surface area contributed by atoms with E-state index in [4.69, 9.17) is 5.11 Å². The van der Waals surface area contributed by atoms with Gasteiger partial charge in [-0.3, -0.25) is 9.59 Å². The van der Waals surface area contributed by atoms with Crippen molar-refractivity contribution in [2.24, 2.45) is 0 Å². The molecular weight excluding hydrogens is 232 g/mol. The summed E-state index contributed by atoms with van der Waals surface area (Å²) in [6.45, 7) is 2.57. The Morgan fingerprint density at radius 2 is 1.83 bits per heavy atom. The quantitative estimate of drug-likeness (QED) is 0.512. The smallest absolute Gasteiger partial charge is 0.309 e. The molecule has 5 nitrogen and oxygen atoms in total. The highest BCUT2D eigenvalue weighted by atomic mass is 16.3. The van der Waals surface area contributed by atoms with E-state index >= 15 is 0 Å². The summed E-state index contributed by atoms with van der Waals surface area (Å²) < 4.78 is 0. The summed E-state index contributed by atoms with van der Waals surface area (Å²) in [6, 6.07) is 7.65. The third kappa shape index (κ3) is 4.55. The lowest BCUT2D eigenvalue weighted by molar-refractivity contribution is -0.139. The molecule has 0 bridgehead atoms. The van der Waals surface area contributed by atoms with Crippen LogP contribution in [0.5, 0.6) is 0 Å². The minimum Gasteiger partial charge on any atom is -0.396 e. The second kappa shape index (κ2) is 7.45. The van der Waals surface area contributed by atoms with E-state index in [1.807, 2.05) is 31.2 Å². The highest BCUT2D eigenvalue weighted by Gasteiger charge is 2.12. The Hall–Kier alpha value is -1.88. The van der Waals surface area contributed by atoms with Gasteiger partial charge in [-0.05, 0) is 24.5 Å². The minimum atomic E-state index is -0.669. The first-order valence-electron chi connectivity index (χ1n) is 5.86. The number of aliphatic hydroxyl groups is 1. The summed E-state index contributed by atoms with van der Waals surface area (Å²) >= 11 is 0. The van der Waals surface area contributed by atoms with Crippen LogP contribution in [0.25, 0.3) is 0 Å². The van der Waals surface area contributed by atoms with Crippen LogP contribution in [0.1, 0.15) is 17.5 Å². The lowest BCUT2D eigenvalue weighted by Crippen LogP contribution is -2.40. The molecule has 98 valence electrons. The zero-order valence-corrected chi connectivity index (χ0v) is 10.4. The van der Waals surface area contributed by atoms with Gasteiger partial charge in [0.1, 0.15) is 0 Å². The van der Waals surface area contributed by atoms with E-state index in [0.717, 1.165) is 11.1 Å². The normalized spacial score (nSPS) is 9.89. The number of hydrogen-bond acceptors (Lipinski definition) is 3. The average Bonchev–Trinajstić information content (AvgIpc) is 2.37. The third-order valence-electron chi connectivity index (χ3n) is 2.53. The summed E-state index contributed by atoms with van der Waals surface area (Å²) in [5.41, 5.74) is 2.05. The molecule has 0 radical (unpaired) electrons. The first-order valence-corrected chi connectivity index (χ1v) is 5.86. The lowest BCUT2D eigenvalue weighted by Gasteiger charge is -2.08. The number of carbonyl (C=O) groups is 2. The van der Waals surface area contributed by atoms with Crippen molar-refractivity contribution in [1.82, 2.24) is 10.6 Å². The first kappa shape index (κ1) is 14.2. The number of hydrogen-bond donors (Lipinski definition) is 3. The van der Waals surface area contributed by atoms with E-state index in [-0.39, 0.29) is 6.61 Å². The molecule has 0 atom stereocenters. The number of carbonyl (C=O) groups excluding carboxylic acids is 2. The van der Waals surface area contributed by atoms with Crippen LogP contribution in [-0.4, -0.2) is 30.1 Å². The number of aryl methyl sites for hydroxylation is 1. The van der Waals surface area contributed by atoms with E-state index in [1.54, 1.807) is 0 Å². The van der Waals surface area contributed by atoms with Gasteiger partial charge in [0.15, 0.2) is 0 Å². The monoisotopic (exact) mass is 250 g/mol. The van der Waals surface area contributed by atoms with Crippen molar-refractivity contribution >= 4 is 11.8 Å². The van der Waals surface area contributed by atoms with Gasteiger partial charge >= 0.3 is 11.8 Å². The fourth-order valence-corrected chi connectivity index (χ4v) is 1.43. The molecule has 1 aromatic rings. The summed E-state index contributed by atoms with van der Waals surface area (Å²) in [5.74, 6) is -1.33. The molecule has 2 amide bonds. The van der Waals surface area contributed by atoms with Gasteiger partial charge in [-0.2, -0.15) is 0 Å². The fraction of sp³-hybridized carbons (Fsp3) is 0.385. The second-order valence-corrected chi connectivity index (χ2v) is 3.94. The number of nitrogens with one attached hydrogen (secondary N) is 2. The fourth-order valence-electron chi connectivity index (χ4n) is 1.43. The van der Waals surface area contributed by atoms with Crippen LogP contribution in [0, 0.1) is 6.92 Å². The maximum absolute atomic E-state index is 11.4. The van der Waals surface area contributed by atoms with Gasteiger partial charge in [0, 0.05) is 19.7 Å². The van der Waals surface area contributed by atoms with Crippen molar-refractivity contribution in [2.75, 3.05) is 13.2 Å². The molecule has 1 rings (SSSR count). The van der Waals surface area contributed by atoms with Crippen molar-refractivity contribution in [3.63, 3.8) is 0 Å². The van der Waals surface area contributed by atoms with Gasteiger partial charge in [0.2, 0.25) is 0 Å². The molecule has 0 saturated carbocycles. The predicted molar refractivity (Wildman–Crippen MR) is 67.7 cm³/mol. The Balaban J connectivity index is 2.37. The zero-order chi connectivity index (χ0) is 13.4. The molecule has 0 fully saturated rings. The number of amides is 2. The molecule has 0 heterocycles. The van der Waals surface area contributed by atoms with Gasteiger partial charge in [-0.15, -0.1) is 0 Å². The molecular formula is C13H18N2O3. The number of aliphatic hydroxyl groups excluding tert-OH is 1. The van der Waals surface area contributed by atoms with Crippen molar-refractivity contribution in [2.45, 2.75) is 19.9 Å². The molecule has 18 heavy (non-hydrogen) atoms. The minimum absolute atomic E-state index is 0.00882. The van der Waals surface area contributed by atoms with Crippen LogP contribution in [0.2, 0.25) is 0 Å². The Kier molecular flexibility index (Phi) is 5.87. The standard InChI is InChI=1S/C13H18N2O3/c1-10-5-2-3-6-11(10)9-15-13(18)12(17)14-7-4-8-16/h2-3,5-6,16H,4,7-9H2,1H3,(H,14,17)(H,15,18). The van der Waals surface area contributed by atoms with Crippen LogP contribution >= 0.6 is 0 Å². The van der Waals surface area contributed by atoms with Crippen LogP contribution in [0.3, 0.4) is 0 Å². The van der Waals surface area contributed by atoms with Crippen molar-refractivity contribution in [1.29, 1.82) is 0 Å². The molecule has 0 aromatic heterocycles. The molecule has 1 aromatic carbocycles. The predicted octanol–water partition coefficient (Wildman–Crippen LogP) is 0.110. The molecule has 0 saturated heterocycles. The van der Waals surface area contributed by atoms with E-state index in [1.165, 1.54) is 0 Å². The first-order chi connectivity index (χ1) is 8.65. The van der Waals surface area contributed by atoms with E-state index in [0.29, 0.717) is 19.5 Å². The Morgan fingerprint density at radius 3 is 2.50 bits per heavy atom. The third-order valence-corrected chi connectivity index (χ3v) is 2.53. The van der Waals surface area contributed by atoms with Gasteiger partial charge < -0.3 is 15.7 Å². The zero-order valence-electron chi connectivity index (χ0n) is 10.4. The van der Waals surface area contributed by atoms with Gasteiger partial charge in [-0.25, -0.2) is 0 Å². The highest BCUT2D eigenvalue weighted by molar-refractivity contribution is 6.35. The number of rotatable bonds is 5. The van der Waals surface area contributed by atoms with Crippen molar-refractivity contribution in [3.8, 4) is 0 Å². The molecule has 0 aliphatic rings. The molecule has 0 unspecified atom stereocenters. The van der Waals surface area contributed by atoms with Crippen LogP contribution in [-0.2, 0) is 16.1 Å². The van der Waals surface area contributed by atoms with Crippen molar-refractivity contribution in [3.05, 3.63) is 35.4 Å². The van der Waals surface area contributed by atoms with E-state index in [2.05, 4.69) is 10.6 Å². The summed E-state index contributed by atoms with van der Waals surface area (Å²) in [6.07, 6.45) is 0.441. The molecule has 0 spiro atoms. The van der Waals surface area contributed by atoms with Gasteiger partial charge in [0.25, 0.3) is 0 Å². The molecule has 0 aliphatic carbocycles. The van der Waals surface area contributed by atoms with Gasteiger partial charge in [0.05, 0.1) is 0 Å². The summed E-state index contributed by atoms with van der Waals surface area (Å²) in [7, 11) is 0. The molecule has 0 aliphatic heterocycles. The topological polar surface area (TPSA) is 78.4 Å². The SMILES string of the molecule is Cc1ccccc1CNC(=O)C(=O)NCCCO. The number of benzene rings is 1. The Labute approximate surface area is 106 Å². The largest absolute Gasteiger partial charge is 0.396 e. The maximum Gasteiger partial charge on any atom is 0.309 e. The molecule has 5 heteroatoms. The maximum atomic E-state index is 11.4. The highest BCUT2D eigenvalue weighted by Crippen LogP contribution is 2.05. The summed E-state index contributed by atoms with van der Waals surface area (Å²) in [4.78, 5) is 22.8. The molecule has 3 N–H and O–H groups in total. The average molecular weight is 250 g/mol. The van der Waals surface area contributed by atoms with Crippen molar-refractivity contribution < 1.29 is 14.7 Å². The van der Waals surface area contributed by atoms with Gasteiger partial charge in [-0.1, -0.05) is 24.3 Å². The van der Waals surface area contributed by atoms with E-state index < -0.39 is 11.8 Å². The van der Waals surface area contributed by atoms with Crippen LogP contribution in [0.4, 0.5) is 0 Å². The van der Waals surface area contributed by atoms with Crippen LogP contribution < -0.4 is 10.6 Å².